The molecule has 5 nitrogen and oxygen atoms in total. The van der Waals surface area contributed by atoms with Crippen LogP contribution in [-0.4, -0.2) is 40.9 Å². The number of nitrogens with zero attached hydrogens (tertiary/aromatic N) is 4. The monoisotopic (exact) mass is 392 g/mol. The Labute approximate surface area is 160 Å². The summed E-state index contributed by atoms with van der Waals surface area (Å²) in [7, 11) is 0. The van der Waals surface area contributed by atoms with E-state index in [1.165, 1.54) is 0 Å². The second-order valence-corrected chi connectivity index (χ2v) is 7.55. The van der Waals surface area contributed by atoms with Gasteiger partial charge < -0.3 is 9.32 Å². The lowest BCUT2D eigenvalue weighted by molar-refractivity contribution is 0.192. The Morgan fingerprint density at radius 1 is 1.12 bits per heavy atom. The van der Waals surface area contributed by atoms with Crippen molar-refractivity contribution in [3.8, 4) is 10.8 Å². The van der Waals surface area contributed by atoms with E-state index in [2.05, 4.69) is 21.0 Å². The third-order valence-corrected chi connectivity index (χ3v) is 5.71. The largest absolute Gasteiger partial charge is 0.408 e. The summed E-state index contributed by atoms with van der Waals surface area (Å²) in [6.45, 7) is 4.34. The van der Waals surface area contributed by atoms with Gasteiger partial charge in [-0.3, -0.25) is 4.90 Å². The van der Waals surface area contributed by atoms with Crippen LogP contribution in [0.2, 0.25) is 5.02 Å². The molecule has 3 heterocycles. The number of piperazine rings is 1. The molecule has 8 heteroatoms. The Balaban J connectivity index is 1.41. The Morgan fingerprint density at radius 3 is 2.64 bits per heavy atom. The normalized spacial score (nSPS) is 15.6. The maximum absolute atomic E-state index is 6.30. The van der Waals surface area contributed by atoms with Gasteiger partial charge in [0.1, 0.15) is 0 Å². The molecule has 130 valence electrons. The number of rotatable bonds is 4. The zero-order chi connectivity index (χ0) is 17.2. The Bertz CT molecular complexity index is 898. The Morgan fingerprint density at radius 2 is 1.92 bits per heavy atom. The van der Waals surface area contributed by atoms with Crippen LogP contribution in [0.5, 0.6) is 0 Å². The van der Waals surface area contributed by atoms with Gasteiger partial charge in [0.05, 0.1) is 22.3 Å². The van der Waals surface area contributed by atoms with Crippen molar-refractivity contribution in [2.24, 2.45) is 0 Å². The molecule has 2 aromatic heterocycles. The van der Waals surface area contributed by atoms with E-state index in [1.54, 1.807) is 16.0 Å². The van der Waals surface area contributed by atoms with Gasteiger partial charge in [0.15, 0.2) is 0 Å². The van der Waals surface area contributed by atoms with Crippen LogP contribution in [0.25, 0.3) is 10.8 Å². The molecule has 1 aromatic carbocycles. The number of hydrogen-bond donors (Lipinski definition) is 0. The van der Waals surface area contributed by atoms with Gasteiger partial charge in [0.25, 0.3) is 10.7 Å². The molecule has 0 spiro atoms. The van der Waals surface area contributed by atoms with E-state index in [1.807, 2.05) is 35.7 Å². The molecule has 0 amide bonds. The molecule has 0 bridgehead atoms. The van der Waals surface area contributed by atoms with Crippen molar-refractivity contribution in [3.05, 3.63) is 51.6 Å². The van der Waals surface area contributed by atoms with E-state index < -0.39 is 0 Å². The molecule has 0 atom stereocenters. The van der Waals surface area contributed by atoms with Crippen LogP contribution in [0.4, 0.5) is 5.69 Å². The van der Waals surface area contributed by atoms with Crippen LogP contribution < -0.4 is 4.90 Å². The number of para-hydroxylation sites is 1. The van der Waals surface area contributed by atoms with Crippen LogP contribution in [0, 0.1) is 4.84 Å². The molecule has 1 aliphatic heterocycles. The van der Waals surface area contributed by atoms with Crippen LogP contribution in [-0.2, 0) is 6.67 Å². The first-order valence-electron chi connectivity index (χ1n) is 8.04. The van der Waals surface area contributed by atoms with Crippen molar-refractivity contribution in [2.75, 3.05) is 31.1 Å². The number of anilines is 1. The van der Waals surface area contributed by atoms with Crippen molar-refractivity contribution in [2.45, 2.75) is 6.67 Å². The molecule has 0 aliphatic carbocycles. The van der Waals surface area contributed by atoms with Gasteiger partial charge in [0, 0.05) is 26.2 Å². The molecule has 4 rings (SSSR count). The molecule has 1 aliphatic rings. The lowest BCUT2D eigenvalue weighted by Gasteiger charge is -2.36. The number of thiophene rings is 1. The summed E-state index contributed by atoms with van der Waals surface area (Å²) in [5.41, 5.74) is 1.10. The van der Waals surface area contributed by atoms with E-state index in [-0.39, 0.29) is 0 Å². The molecule has 0 N–H and O–H groups in total. The first kappa shape index (κ1) is 16.8. The van der Waals surface area contributed by atoms with E-state index in [4.69, 9.17) is 28.2 Å². The van der Waals surface area contributed by atoms with Crippen LogP contribution in [0.15, 0.2) is 46.2 Å². The summed E-state index contributed by atoms with van der Waals surface area (Å²) in [5.74, 6) is 0.592. The number of aromatic nitrogens is 2. The van der Waals surface area contributed by atoms with Gasteiger partial charge in [0.2, 0.25) is 0 Å². The smallest absolute Gasteiger partial charge is 0.288 e. The fourth-order valence-electron chi connectivity index (χ4n) is 2.92. The maximum Gasteiger partial charge on any atom is 0.288 e. The second kappa shape index (κ2) is 7.29. The Kier molecular flexibility index (Phi) is 4.89. The fourth-order valence-corrected chi connectivity index (χ4v) is 4.00. The van der Waals surface area contributed by atoms with E-state index in [9.17, 15) is 0 Å². The van der Waals surface area contributed by atoms with Gasteiger partial charge in [-0.25, -0.2) is 4.68 Å². The first-order valence-corrected chi connectivity index (χ1v) is 9.71. The minimum atomic E-state index is 0.414. The Hall–Kier alpha value is -1.67. The lowest BCUT2D eigenvalue weighted by atomic mass is 10.2. The summed E-state index contributed by atoms with van der Waals surface area (Å²) in [4.78, 5) is 6.05. The van der Waals surface area contributed by atoms with Crippen molar-refractivity contribution in [1.29, 1.82) is 0 Å². The topological polar surface area (TPSA) is 37.4 Å². The van der Waals surface area contributed by atoms with Gasteiger partial charge in [-0.05, 0) is 35.8 Å². The summed E-state index contributed by atoms with van der Waals surface area (Å²) < 4.78 is 7.39. The fraction of sp³-hybridized carbons (Fsp3) is 0.294. The van der Waals surface area contributed by atoms with E-state index in [0.717, 1.165) is 41.8 Å². The number of benzene rings is 1. The predicted molar refractivity (Wildman–Crippen MR) is 104 cm³/mol. The van der Waals surface area contributed by atoms with Crippen LogP contribution >= 0.6 is 35.2 Å². The molecule has 25 heavy (non-hydrogen) atoms. The van der Waals surface area contributed by atoms with Crippen molar-refractivity contribution >= 4 is 40.8 Å². The first-order chi connectivity index (χ1) is 12.2. The minimum absolute atomic E-state index is 0.414. The zero-order valence-corrected chi connectivity index (χ0v) is 15.9. The van der Waals surface area contributed by atoms with Crippen LogP contribution in [0.3, 0.4) is 0 Å². The molecule has 0 radical (unpaired) electrons. The second-order valence-electron chi connectivity index (χ2n) is 5.85. The van der Waals surface area contributed by atoms with Crippen molar-refractivity contribution in [3.63, 3.8) is 0 Å². The highest BCUT2D eigenvalue weighted by atomic mass is 35.5. The summed E-state index contributed by atoms with van der Waals surface area (Å²) >= 11 is 13.2. The van der Waals surface area contributed by atoms with Crippen molar-refractivity contribution < 1.29 is 4.42 Å². The SMILES string of the molecule is S=c1oc(-c2cccs2)nn1CN1CCN(c2ccccc2Cl)CC1. The average molecular weight is 393 g/mol. The summed E-state index contributed by atoms with van der Waals surface area (Å²) in [5, 5.41) is 7.32. The summed E-state index contributed by atoms with van der Waals surface area (Å²) in [6, 6.07) is 11.9. The molecular formula is C17H17ClN4OS2. The van der Waals surface area contributed by atoms with Gasteiger partial charge in [-0.15, -0.1) is 16.4 Å². The van der Waals surface area contributed by atoms with Crippen molar-refractivity contribution in [1.82, 2.24) is 14.7 Å². The molecule has 1 fully saturated rings. The molecular weight excluding hydrogens is 376 g/mol. The quantitative estimate of drug-likeness (QED) is 0.616. The molecule has 0 saturated carbocycles. The highest BCUT2D eigenvalue weighted by molar-refractivity contribution is 7.71. The summed E-state index contributed by atoms with van der Waals surface area (Å²) in [6.07, 6.45) is 0. The highest BCUT2D eigenvalue weighted by Crippen LogP contribution is 2.26. The van der Waals surface area contributed by atoms with E-state index >= 15 is 0 Å². The molecule has 3 aromatic rings. The molecule has 0 unspecified atom stereocenters. The van der Waals surface area contributed by atoms with Gasteiger partial charge >= 0.3 is 0 Å². The number of hydrogen-bond acceptors (Lipinski definition) is 6. The number of halogens is 1. The third-order valence-electron chi connectivity index (χ3n) is 4.24. The zero-order valence-electron chi connectivity index (χ0n) is 13.5. The van der Waals surface area contributed by atoms with E-state index in [0.29, 0.717) is 17.4 Å². The molecule has 1 saturated heterocycles. The predicted octanol–water partition coefficient (Wildman–Crippen LogP) is 4.37. The lowest BCUT2D eigenvalue weighted by Crippen LogP contribution is -2.47. The maximum atomic E-state index is 6.30. The average Bonchev–Trinajstić information content (AvgIpc) is 3.27. The minimum Gasteiger partial charge on any atom is -0.408 e. The third kappa shape index (κ3) is 3.64. The standard InChI is InChI=1S/C17H17ClN4OS2/c18-13-4-1-2-5-14(13)21-9-7-20(8-10-21)12-22-17(24)23-16(19-22)15-6-3-11-25-15/h1-6,11H,7-10,12H2. The van der Waals surface area contributed by atoms with Gasteiger partial charge in [-0.2, -0.15) is 0 Å². The highest BCUT2D eigenvalue weighted by Gasteiger charge is 2.20. The van der Waals surface area contributed by atoms with Crippen LogP contribution in [0.1, 0.15) is 0 Å². The van der Waals surface area contributed by atoms with Gasteiger partial charge in [-0.1, -0.05) is 29.8 Å².